The number of ketones is 1. The molecule has 2 aromatic heterocycles. The third kappa shape index (κ3) is 5.13. The zero-order valence-electron chi connectivity index (χ0n) is 17.3. The summed E-state index contributed by atoms with van der Waals surface area (Å²) in [6.07, 6.45) is 7.08. The molecule has 1 saturated carbocycles. The van der Waals surface area contributed by atoms with E-state index < -0.39 is 0 Å². The molecule has 0 saturated heterocycles. The lowest BCUT2D eigenvalue weighted by Gasteiger charge is -2.03. The largest absolute Gasteiger partial charge is 0.466 e. The first-order valence-electron chi connectivity index (χ1n) is 10.4. The molecule has 1 aromatic carbocycles. The van der Waals surface area contributed by atoms with Crippen LogP contribution in [0, 0.1) is 12.8 Å². The van der Waals surface area contributed by atoms with E-state index in [9.17, 15) is 9.59 Å². The second-order valence-electron chi connectivity index (χ2n) is 7.74. The highest BCUT2D eigenvalue weighted by atomic mass is 32.2. The number of carbonyl (C=O) groups excluding carboxylic acids is 2. The Kier molecular flexibility index (Phi) is 6.58. The average Bonchev–Trinajstić information content (AvgIpc) is 3.31. The maximum atomic E-state index is 13.1. The van der Waals surface area contributed by atoms with Crippen molar-refractivity contribution >= 4 is 45.8 Å². The van der Waals surface area contributed by atoms with Gasteiger partial charge in [-0.1, -0.05) is 12.1 Å². The highest BCUT2D eigenvalue weighted by Crippen LogP contribution is 2.34. The van der Waals surface area contributed by atoms with E-state index in [1.165, 1.54) is 29.7 Å². The van der Waals surface area contributed by atoms with E-state index in [0.29, 0.717) is 25.2 Å². The van der Waals surface area contributed by atoms with Crippen molar-refractivity contribution in [2.75, 3.05) is 12.4 Å². The van der Waals surface area contributed by atoms with E-state index >= 15 is 0 Å². The zero-order chi connectivity index (χ0) is 21.1. The first-order chi connectivity index (χ1) is 14.5. The molecule has 5 nitrogen and oxygen atoms in total. The van der Waals surface area contributed by atoms with Gasteiger partial charge >= 0.3 is 5.97 Å². The number of fused-ring (bicyclic) bond motifs is 1. The topological polar surface area (TPSA) is 61.2 Å². The Labute approximate surface area is 184 Å². The molecule has 7 heteroatoms. The van der Waals surface area contributed by atoms with Crippen molar-refractivity contribution in [1.29, 1.82) is 0 Å². The third-order valence-corrected chi connectivity index (χ3v) is 7.38. The summed E-state index contributed by atoms with van der Waals surface area (Å²) in [5.41, 5.74) is 3.15. The molecule has 3 aromatic rings. The molecule has 0 N–H and O–H groups in total. The standard InChI is InChI=1S/C23H26N2O3S2/c1-3-28-22(27)8-9-29-23-12-24-21(30-23)11-20(26)18-14-25(13-16-5-6-16)19-10-15(2)4-7-17(18)19/h4,7,10,12,14,16H,3,5-6,8-9,11,13H2,1-2H3. The van der Waals surface area contributed by atoms with Gasteiger partial charge in [0.1, 0.15) is 5.01 Å². The lowest BCUT2D eigenvalue weighted by Crippen LogP contribution is -2.04. The smallest absolute Gasteiger partial charge is 0.306 e. The fraction of sp³-hybridized carbons (Fsp3) is 0.435. The van der Waals surface area contributed by atoms with E-state index in [2.05, 4.69) is 34.7 Å². The Morgan fingerprint density at radius 1 is 1.33 bits per heavy atom. The molecule has 0 bridgehead atoms. The monoisotopic (exact) mass is 442 g/mol. The predicted molar refractivity (Wildman–Crippen MR) is 122 cm³/mol. The van der Waals surface area contributed by atoms with Crippen LogP contribution in [0.2, 0.25) is 0 Å². The van der Waals surface area contributed by atoms with Crippen LogP contribution in [-0.4, -0.2) is 33.7 Å². The Morgan fingerprint density at radius 2 is 2.17 bits per heavy atom. The third-order valence-electron chi connectivity index (χ3n) is 5.19. The molecule has 30 heavy (non-hydrogen) atoms. The molecule has 0 spiro atoms. The number of rotatable bonds is 10. The van der Waals surface area contributed by atoms with Crippen LogP contribution in [0.15, 0.2) is 34.8 Å². The van der Waals surface area contributed by atoms with E-state index in [1.54, 1.807) is 18.0 Å². The van der Waals surface area contributed by atoms with Crippen LogP contribution >= 0.6 is 23.1 Å². The summed E-state index contributed by atoms with van der Waals surface area (Å²) in [6.45, 7) is 5.30. The number of ether oxygens (including phenoxy) is 1. The molecular weight excluding hydrogens is 416 g/mol. The molecule has 1 aliphatic carbocycles. The Bertz CT molecular complexity index is 1070. The van der Waals surface area contributed by atoms with Crippen molar-refractivity contribution in [1.82, 2.24) is 9.55 Å². The highest BCUT2D eigenvalue weighted by Gasteiger charge is 2.24. The second-order valence-corrected chi connectivity index (χ2v) is 10.2. The molecule has 0 radical (unpaired) electrons. The second kappa shape index (κ2) is 9.35. The first-order valence-corrected chi connectivity index (χ1v) is 12.2. The number of hydrogen-bond acceptors (Lipinski definition) is 6. The van der Waals surface area contributed by atoms with Gasteiger partial charge in [-0.15, -0.1) is 23.1 Å². The number of nitrogens with zero attached hydrogens (tertiary/aromatic N) is 2. The normalized spacial score (nSPS) is 13.7. The molecule has 0 aliphatic heterocycles. The fourth-order valence-corrected chi connectivity index (χ4v) is 5.51. The average molecular weight is 443 g/mol. The van der Waals surface area contributed by atoms with Gasteiger partial charge < -0.3 is 9.30 Å². The van der Waals surface area contributed by atoms with Crippen LogP contribution in [0.4, 0.5) is 0 Å². The van der Waals surface area contributed by atoms with Gasteiger partial charge in [-0.25, -0.2) is 4.98 Å². The Balaban J connectivity index is 1.43. The van der Waals surface area contributed by atoms with Gasteiger partial charge in [0, 0.05) is 35.0 Å². The molecule has 4 rings (SSSR count). The highest BCUT2D eigenvalue weighted by molar-refractivity contribution is 8.01. The number of carbonyl (C=O) groups is 2. The quantitative estimate of drug-likeness (QED) is 0.243. The predicted octanol–water partition coefficient (Wildman–Crippen LogP) is 5.29. The molecular formula is C23H26N2O3S2. The number of Topliss-reactive ketones (excluding diaryl/α,β-unsaturated/α-hetero) is 1. The summed E-state index contributed by atoms with van der Waals surface area (Å²) in [5.74, 6) is 1.33. The van der Waals surface area contributed by atoms with Crippen molar-refractivity contribution in [2.24, 2.45) is 5.92 Å². The molecule has 1 fully saturated rings. The summed E-state index contributed by atoms with van der Waals surface area (Å²) < 4.78 is 8.23. The van der Waals surface area contributed by atoms with E-state index in [0.717, 1.165) is 38.1 Å². The Hall–Kier alpha value is -2.12. The van der Waals surface area contributed by atoms with E-state index in [1.807, 2.05) is 13.1 Å². The van der Waals surface area contributed by atoms with Crippen LogP contribution in [0.3, 0.4) is 0 Å². The van der Waals surface area contributed by atoms with E-state index in [-0.39, 0.29) is 11.8 Å². The van der Waals surface area contributed by atoms with Gasteiger partial charge in [0.2, 0.25) is 0 Å². The Morgan fingerprint density at radius 3 is 2.93 bits per heavy atom. The molecule has 0 amide bonds. The summed E-state index contributed by atoms with van der Waals surface area (Å²) in [5, 5.41) is 1.85. The molecule has 1 aliphatic rings. The zero-order valence-corrected chi connectivity index (χ0v) is 19.0. The van der Waals surface area contributed by atoms with Gasteiger partial charge in [-0.3, -0.25) is 9.59 Å². The van der Waals surface area contributed by atoms with Crippen LogP contribution in [0.5, 0.6) is 0 Å². The number of thiazole rings is 1. The minimum atomic E-state index is -0.178. The van der Waals surface area contributed by atoms with Crippen LogP contribution in [0.1, 0.15) is 47.1 Å². The van der Waals surface area contributed by atoms with Gasteiger partial charge in [-0.2, -0.15) is 0 Å². The lowest BCUT2D eigenvalue weighted by atomic mass is 10.1. The summed E-state index contributed by atoms with van der Waals surface area (Å²) in [6, 6.07) is 6.32. The first kappa shape index (κ1) is 21.1. The lowest BCUT2D eigenvalue weighted by molar-refractivity contribution is -0.142. The van der Waals surface area contributed by atoms with Gasteiger partial charge in [0.15, 0.2) is 5.78 Å². The maximum Gasteiger partial charge on any atom is 0.306 e. The molecule has 0 unspecified atom stereocenters. The van der Waals surface area contributed by atoms with Crippen LogP contribution in [0.25, 0.3) is 10.9 Å². The van der Waals surface area contributed by atoms with Crippen molar-refractivity contribution in [2.45, 2.75) is 50.3 Å². The minimum Gasteiger partial charge on any atom is -0.466 e. The minimum absolute atomic E-state index is 0.107. The van der Waals surface area contributed by atoms with Gasteiger partial charge in [-0.05, 0) is 44.2 Å². The number of aryl methyl sites for hydroxylation is 1. The van der Waals surface area contributed by atoms with Gasteiger partial charge in [0.25, 0.3) is 0 Å². The van der Waals surface area contributed by atoms with Crippen molar-refractivity contribution in [3.63, 3.8) is 0 Å². The summed E-state index contributed by atoms with van der Waals surface area (Å²) in [4.78, 5) is 29.0. The SMILES string of the molecule is CCOC(=O)CCSc1cnc(CC(=O)c2cn(CC3CC3)c3cc(C)ccc23)s1. The number of hydrogen-bond donors (Lipinski definition) is 0. The molecule has 0 atom stereocenters. The number of aromatic nitrogens is 2. The van der Waals surface area contributed by atoms with Crippen LogP contribution < -0.4 is 0 Å². The van der Waals surface area contributed by atoms with Crippen molar-refractivity contribution in [3.05, 3.63) is 46.7 Å². The van der Waals surface area contributed by atoms with Gasteiger partial charge in [0.05, 0.1) is 29.9 Å². The fourth-order valence-electron chi connectivity index (χ4n) is 3.50. The molecule has 2 heterocycles. The molecule has 158 valence electrons. The number of esters is 1. The van der Waals surface area contributed by atoms with E-state index in [4.69, 9.17) is 4.74 Å². The van der Waals surface area contributed by atoms with Crippen molar-refractivity contribution < 1.29 is 14.3 Å². The van der Waals surface area contributed by atoms with Crippen molar-refractivity contribution in [3.8, 4) is 0 Å². The summed E-state index contributed by atoms with van der Waals surface area (Å²) >= 11 is 3.11. The summed E-state index contributed by atoms with van der Waals surface area (Å²) in [7, 11) is 0. The number of benzene rings is 1. The maximum absolute atomic E-state index is 13.1. The number of thioether (sulfide) groups is 1. The van der Waals surface area contributed by atoms with Crippen LogP contribution in [-0.2, 0) is 22.5 Å².